The number of pyridine rings is 1. The molecular formula is C15H18N4. The fourth-order valence-electron chi connectivity index (χ4n) is 2.58. The minimum Gasteiger partial charge on any atom is -0.369 e. The fraction of sp³-hybridized carbons (Fsp3) is 0.400. The number of hydrogen-bond acceptors (Lipinski definition) is 4. The van der Waals surface area contributed by atoms with Crippen LogP contribution in [-0.4, -0.2) is 21.7 Å². The average molecular weight is 254 g/mol. The molecule has 2 heterocycles. The molecule has 0 amide bonds. The quantitative estimate of drug-likeness (QED) is 0.911. The zero-order valence-corrected chi connectivity index (χ0v) is 11.1. The number of anilines is 1. The molecule has 3 rings (SSSR count). The molecule has 1 unspecified atom stereocenters. The third kappa shape index (κ3) is 2.43. The Balaban J connectivity index is 1.80. The van der Waals surface area contributed by atoms with Crippen molar-refractivity contribution >= 4 is 5.82 Å². The van der Waals surface area contributed by atoms with E-state index in [2.05, 4.69) is 39.6 Å². The van der Waals surface area contributed by atoms with Gasteiger partial charge in [0.2, 0.25) is 0 Å². The Morgan fingerprint density at radius 2 is 2.21 bits per heavy atom. The lowest BCUT2D eigenvalue weighted by Crippen LogP contribution is -2.06. The second kappa shape index (κ2) is 5.34. The minimum atomic E-state index is 0.309. The van der Waals surface area contributed by atoms with Crippen LogP contribution >= 0.6 is 0 Å². The van der Waals surface area contributed by atoms with E-state index in [0.717, 1.165) is 37.3 Å². The molecule has 0 saturated carbocycles. The Bertz CT molecular complexity index is 550. The second-order valence-corrected chi connectivity index (χ2v) is 4.91. The highest BCUT2D eigenvalue weighted by Gasteiger charge is 2.26. The molecule has 0 bridgehead atoms. The molecule has 0 fully saturated rings. The van der Waals surface area contributed by atoms with Gasteiger partial charge in [0, 0.05) is 18.7 Å². The molecule has 98 valence electrons. The zero-order chi connectivity index (χ0) is 13.1. The first-order valence-electron chi connectivity index (χ1n) is 6.89. The van der Waals surface area contributed by atoms with Crippen LogP contribution in [0.15, 0.2) is 30.5 Å². The maximum Gasteiger partial charge on any atom is 0.148 e. The zero-order valence-electron chi connectivity index (χ0n) is 11.1. The number of nitrogens with one attached hydrogen (secondary N) is 1. The molecule has 0 spiro atoms. The van der Waals surface area contributed by atoms with Gasteiger partial charge in [-0.1, -0.05) is 13.0 Å². The Morgan fingerprint density at radius 3 is 3.00 bits per heavy atom. The molecule has 1 N–H and O–H groups in total. The van der Waals surface area contributed by atoms with Gasteiger partial charge >= 0.3 is 0 Å². The van der Waals surface area contributed by atoms with Crippen molar-refractivity contribution in [3.05, 3.63) is 47.4 Å². The lowest BCUT2D eigenvalue weighted by atomic mass is 10.0. The van der Waals surface area contributed by atoms with Gasteiger partial charge in [-0.3, -0.25) is 4.98 Å². The van der Waals surface area contributed by atoms with Gasteiger partial charge in [-0.15, -0.1) is 5.10 Å². The van der Waals surface area contributed by atoms with Crippen molar-refractivity contribution in [1.29, 1.82) is 0 Å². The van der Waals surface area contributed by atoms with E-state index in [0.29, 0.717) is 5.92 Å². The maximum atomic E-state index is 4.51. The molecule has 0 radical (unpaired) electrons. The average Bonchev–Trinajstić information content (AvgIpc) is 2.90. The lowest BCUT2D eigenvalue weighted by Gasteiger charge is -2.10. The second-order valence-electron chi connectivity index (χ2n) is 4.91. The molecular weight excluding hydrogens is 236 g/mol. The summed E-state index contributed by atoms with van der Waals surface area (Å²) in [7, 11) is 0. The molecule has 4 heteroatoms. The normalized spacial score (nSPS) is 17.2. The summed E-state index contributed by atoms with van der Waals surface area (Å²) in [6, 6.07) is 8.25. The predicted octanol–water partition coefficient (Wildman–Crippen LogP) is 2.77. The van der Waals surface area contributed by atoms with Gasteiger partial charge in [0.25, 0.3) is 0 Å². The van der Waals surface area contributed by atoms with Gasteiger partial charge in [0.15, 0.2) is 0 Å². The SMILES string of the molecule is CCCNc1ccc(C2CCc3cccnc32)nn1. The predicted molar refractivity (Wildman–Crippen MR) is 75.2 cm³/mol. The molecule has 1 aliphatic rings. The van der Waals surface area contributed by atoms with E-state index in [9.17, 15) is 0 Å². The first-order chi connectivity index (χ1) is 9.38. The van der Waals surface area contributed by atoms with Gasteiger partial charge in [0.1, 0.15) is 5.82 Å². The van der Waals surface area contributed by atoms with Gasteiger partial charge in [-0.25, -0.2) is 0 Å². The van der Waals surface area contributed by atoms with Gasteiger partial charge in [0.05, 0.1) is 11.4 Å². The van der Waals surface area contributed by atoms with Crippen LogP contribution in [0.25, 0.3) is 0 Å². The summed E-state index contributed by atoms with van der Waals surface area (Å²) in [4.78, 5) is 4.51. The van der Waals surface area contributed by atoms with E-state index < -0.39 is 0 Å². The number of rotatable bonds is 4. The number of aromatic nitrogens is 3. The summed E-state index contributed by atoms with van der Waals surface area (Å²) in [5.41, 5.74) is 3.55. The Kier molecular flexibility index (Phi) is 3.40. The summed E-state index contributed by atoms with van der Waals surface area (Å²) < 4.78 is 0. The van der Waals surface area contributed by atoms with Crippen LogP contribution in [0.1, 0.15) is 42.6 Å². The monoisotopic (exact) mass is 254 g/mol. The molecule has 0 aromatic carbocycles. The molecule has 2 aromatic heterocycles. The van der Waals surface area contributed by atoms with Crippen molar-refractivity contribution < 1.29 is 0 Å². The van der Waals surface area contributed by atoms with Crippen LogP contribution in [0.4, 0.5) is 5.82 Å². The van der Waals surface area contributed by atoms with Crippen LogP contribution in [0.5, 0.6) is 0 Å². The highest BCUT2D eigenvalue weighted by Crippen LogP contribution is 2.35. The van der Waals surface area contributed by atoms with Crippen molar-refractivity contribution in [2.24, 2.45) is 0 Å². The summed E-state index contributed by atoms with van der Waals surface area (Å²) in [6.07, 6.45) is 5.12. The molecule has 4 nitrogen and oxygen atoms in total. The Hall–Kier alpha value is -1.97. The summed E-state index contributed by atoms with van der Waals surface area (Å²) in [5, 5.41) is 11.8. The Labute approximate surface area is 113 Å². The first kappa shape index (κ1) is 12.1. The molecule has 1 atom stereocenters. The Morgan fingerprint density at radius 1 is 1.26 bits per heavy atom. The van der Waals surface area contributed by atoms with E-state index in [4.69, 9.17) is 0 Å². The third-order valence-corrected chi connectivity index (χ3v) is 3.56. The van der Waals surface area contributed by atoms with E-state index in [1.807, 2.05) is 18.3 Å². The first-order valence-corrected chi connectivity index (χ1v) is 6.89. The molecule has 2 aromatic rings. The highest BCUT2D eigenvalue weighted by atomic mass is 15.2. The number of fused-ring (bicyclic) bond motifs is 1. The largest absolute Gasteiger partial charge is 0.369 e. The van der Waals surface area contributed by atoms with Crippen LogP contribution in [0, 0.1) is 0 Å². The van der Waals surface area contributed by atoms with Gasteiger partial charge in [-0.2, -0.15) is 5.10 Å². The van der Waals surface area contributed by atoms with Gasteiger partial charge < -0.3 is 5.32 Å². The minimum absolute atomic E-state index is 0.309. The van der Waals surface area contributed by atoms with Crippen molar-refractivity contribution in [2.75, 3.05) is 11.9 Å². The number of aryl methyl sites for hydroxylation is 1. The topological polar surface area (TPSA) is 50.7 Å². The highest BCUT2D eigenvalue weighted by molar-refractivity contribution is 5.38. The third-order valence-electron chi connectivity index (χ3n) is 3.56. The van der Waals surface area contributed by atoms with E-state index >= 15 is 0 Å². The van der Waals surface area contributed by atoms with E-state index in [-0.39, 0.29) is 0 Å². The standard InChI is InChI=1S/C15H18N4/c1-2-9-16-14-8-7-13(18-19-14)12-6-5-11-4-3-10-17-15(11)12/h3-4,7-8,10,12H,2,5-6,9H2,1H3,(H,16,19). The lowest BCUT2D eigenvalue weighted by molar-refractivity contribution is 0.726. The molecule has 19 heavy (non-hydrogen) atoms. The smallest absolute Gasteiger partial charge is 0.148 e. The van der Waals surface area contributed by atoms with Crippen LogP contribution in [-0.2, 0) is 6.42 Å². The molecule has 0 aliphatic heterocycles. The summed E-state index contributed by atoms with van der Waals surface area (Å²) >= 11 is 0. The van der Waals surface area contributed by atoms with Gasteiger partial charge in [-0.05, 0) is 43.0 Å². The number of nitrogens with zero attached hydrogens (tertiary/aromatic N) is 3. The van der Waals surface area contributed by atoms with E-state index in [1.54, 1.807) is 0 Å². The van der Waals surface area contributed by atoms with E-state index in [1.165, 1.54) is 11.3 Å². The number of hydrogen-bond donors (Lipinski definition) is 1. The van der Waals surface area contributed by atoms with Crippen molar-refractivity contribution in [1.82, 2.24) is 15.2 Å². The van der Waals surface area contributed by atoms with Crippen molar-refractivity contribution in [3.63, 3.8) is 0 Å². The molecule has 0 saturated heterocycles. The van der Waals surface area contributed by atoms with Crippen molar-refractivity contribution in [3.8, 4) is 0 Å². The van der Waals surface area contributed by atoms with Crippen molar-refractivity contribution in [2.45, 2.75) is 32.1 Å². The van der Waals surface area contributed by atoms with Crippen LogP contribution in [0.3, 0.4) is 0 Å². The maximum absolute atomic E-state index is 4.51. The van der Waals surface area contributed by atoms with Crippen LogP contribution < -0.4 is 5.32 Å². The van der Waals surface area contributed by atoms with Crippen LogP contribution in [0.2, 0.25) is 0 Å². The summed E-state index contributed by atoms with van der Waals surface area (Å²) in [6.45, 7) is 3.07. The molecule has 1 aliphatic carbocycles. The summed E-state index contributed by atoms with van der Waals surface area (Å²) in [5.74, 6) is 1.16. The fourth-order valence-corrected chi connectivity index (χ4v) is 2.58.